The number of anilines is 1. The van der Waals surface area contributed by atoms with Crippen LogP contribution in [0.2, 0.25) is 0 Å². The summed E-state index contributed by atoms with van der Waals surface area (Å²) in [6.07, 6.45) is 0. The predicted octanol–water partition coefficient (Wildman–Crippen LogP) is 3.12. The number of hydrogen-bond donors (Lipinski definition) is 1. The molecule has 0 spiro atoms. The van der Waals surface area contributed by atoms with E-state index in [1.165, 1.54) is 12.1 Å². The number of ether oxygens (including phenoxy) is 1. The highest BCUT2D eigenvalue weighted by atomic mass is 79.9. The molecule has 0 aliphatic rings. The maximum atomic E-state index is 13.3. The number of hydrogen-bond acceptors (Lipinski definition) is 5. The summed E-state index contributed by atoms with van der Waals surface area (Å²) in [5.41, 5.74) is 6.01. The van der Waals surface area contributed by atoms with E-state index in [-0.39, 0.29) is 5.75 Å². The molecule has 1 heterocycles. The van der Waals surface area contributed by atoms with E-state index in [4.69, 9.17) is 10.5 Å². The van der Waals surface area contributed by atoms with E-state index in [0.29, 0.717) is 21.2 Å². The van der Waals surface area contributed by atoms with Gasteiger partial charge in [-0.3, -0.25) is 0 Å². The first-order valence-electron chi connectivity index (χ1n) is 4.29. The average molecular weight is 304 g/mol. The van der Waals surface area contributed by atoms with Crippen LogP contribution < -0.4 is 10.5 Å². The first-order chi connectivity index (χ1) is 7.56. The van der Waals surface area contributed by atoms with Crippen molar-refractivity contribution >= 4 is 33.1 Å². The Hall–Kier alpha value is -1.21. The topological polar surface area (TPSA) is 61.0 Å². The highest BCUT2D eigenvalue weighted by Crippen LogP contribution is 2.32. The van der Waals surface area contributed by atoms with Crippen LogP contribution >= 0.6 is 27.5 Å². The Morgan fingerprint density at radius 2 is 2.25 bits per heavy atom. The Balaban J connectivity index is 2.31. The van der Waals surface area contributed by atoms with Crippen LogP contribution in [-0.4, -0.2) is 9.36 Å². The molecule has 0 atom stereocenters. The molecule has 0 aliphatic heterocycles. The van der Waals surface area contributed by atoms with Crippen molar-refractivity contribution in [2.75, 3.05) is 5.73 Å². The van der Waals surface area contributed by atoms with E-state index in [1.54, 1.807) is 6.92 Å². The summed E-state index contributed by atoms with van der Waals surface area (Å²) in [6, 6.07) is 2.65. The summed E-state index contributed by atoms with van der Waals surface area (Å²) >= 11 is 4.12. The molecule has 7 heteroatoms. The number of nitrogens with zero attached hydrogens (tertiary/aromatic N) is 2. The van der Waals surface area contributed by atoms with E-state index in [0.717, 1.165) is 11.5 Å². The van der Waals surface area contributed by atoms with Gasteiger partial charge in [0.25, 0.3) is 5.19 Å². The minimum absolute atomic E-state index is 0.233. The molecule has 2 N–H and O–H groups in total. The summed E-state index contributed by atoms with van der Waals surface area (Å²) in [6.45, 7) is 1.74. The van der Waals surface area contributed by atoms with Crippen LogP contribution in [0.5, 0.6) is 10.9 Å². The largest absolute Gasteiger partial charge is 0.428 e. The highest BCUT2D eigenvalue weighted by molar-refractivity contribution is 9.10. The molecular formula is C9H7BrFN3OS. The monoisotopic (exact) mass is 303 g/mol. The van der Waals surface area contributed by atoms with Crippen molar-refractivity contribution in [2.45, 2.75) is 6.92 Å². The van der Waals surface area contributed by atoms with Crippen molar-refractivity contribution in [1.29, 1.82) is 0 Å². The lowest BCUT2D eigenvalue weighted by molar-refractivity contribution is 0.474. The second-order valence-corrected chi connectivity index (χ2v) is 4.58. The van der Waals surface area contributed by atoms with Gasteiger partial charge < -0.3 is 10.5 Å². The first kappa shape index (κ1) is 11.3. The molecule has 0 saturated carbocycles. The molecule has 0 saturated heterocycles. The average Bonchev–Trinajstić information content (AvgIpc) is 2.60. The Bertz CT molecular complexity index is 531. The van der Waals surface area contributed by atoms with E-state index >= 15 is 0 Å². The number of aromatic nitrogens is 2. The standard InChI is InChI=1S/C9H7BrFN3OS/c1-4-13-9(16-14-4)15-8-3-6(11)5(10)2-7(8)12/h2-3H,12H2,1H3. The molecule has 1 aromatic carbocycles. The van der Waals surface area contributed by atoms with E-state index in [9.17, 15) is 4.39 Å². The number of aryl methyl sites for hydroxylation is 1. The summed E-state index contributed by atoms with van der Waals surface area (Å²) in [4.78, 5) is 3.99. The van der Waals surface area contributed by atoms with Crippen molar-refractivity contribution in [2.24, 2.45) is 0 Å². The molecule has 16 heavy (non-hydrogen) atoms. The number of rotatable bonds is 2. The van der Waals surface area contributed by atoms with Gasteiger partial charge in [0.05, 0.1) is 10.2 Å². The van der Waals surface area contributed by atoms with Gasteiger partial charge >= 0.3 is 0 Å². The smallest absolute Gasteiger partial charge is 0.298 e. The Kier molecular flexibility index (Phi) is 3.06. The molecular weight excluding hydrogens is 297 g/mol. The highest BCUT2D eigenvalue weighted by Gasteiger charge is 2.10. The second kappa shape index (κ2) is 4.34. The van der Waals surface area contributed by atoms with Crippen LogP contribution in [-0.2, 0) is 0 Å². The Morgan fingerprint density at radius 1 is 1.50 bits per heavy atom. The third kappa shape index (κ3) is 2.30. The molecule has 0 aliphatic carbocycles. The van der Waals surface area contributed by atoms with Crippen LogP contribution in [0, 0.1) is 12.7 Å². The third-order valence-corrected chi connectivity index (χ3v) is 3.05. The molecule has 1 aromatic heterocycles. The molecule has 2 rings (SSSR count). The zero-order chi connectivity index (χ0) is 11.7. The van der Waals surface area contributed by atoms with Crippen LogP contribution in [0.25, 0.3) is 0 Å². The number of halogens is 2. The van der Waals surface area contributed by atoms with E-state index in [1.807, 2.05) is 0 Å². The van der Waals surface area contributed by atoms with Crippen molar-refractivity contribution in [3.8, 4) is 10.9 Å². The number of benzene rings is 1. The molecule has 0 radical (unpaired) electrons. The zero-order valence-electron chi connectivity index (χ0n) is 8.20. The van der Waals surface area contributed by atoms with Crippen molar-refractivity contribution in [3.05, 3.63) is 28.2 Å². The normalized spacial score (nSPS) is 10.4. The van der Waals surface area contributed by atoms with Gasteiger partial charge in [0.15, 0.2) is 5.75 Å². The molecule has 0 unspecified atom stereocenters. The molecule has 0 fully saturated rings. The molecule has 2 aromatic rings. The molecule has 0 bridgehead atoms. The van der Waals surface area contributed by atoms with Gasteiger partial charge in [-0.2, -0.15) is 9.36 Å². The lowest BCUT2D eigenvalue weighted by Crippen LogP contribution is -1.93. The second-order valence-electron chi connectivity index (χ2n) is 3.01. The van der Waals surface area contributed by atoms with E-state index in [2.05, 4.69) is 25.3 Å². The van der Waals surface area contributed by atoms with Crippen molar-refractivity contribution < 1.29 is 9.13 Å². The summed E-state index contributed by atoms with van der Waals surface area (Å²) in [5, 5.41) is 0.339. The van der Waals surface area contributed by atoms with Crippen LogP contribution in [0.15, 0.2) is 16.6 Å². The van der Waals surface area contributed by atoms with Gasteiger partial charge in [0, 0.05) is 17.6 Å². The summed E-state index contributed by atoms with van der Waals surface area (Å²) in [5.74, 6) is 0.401. The van der Waals surface area contributed by atoms with Crippen LogP contribution in [0.1, 0.15) is 5.82 Å². The Morgan fingerprint density at radius 3 is 2.88 bits per heavy atom. The van der Waals surface area contributed by atoms with E-state index < -0.39 is 5.82 Å². The van der Waals surface area contributed by atoms with Crippen molar-refractivity contribution in [1.82, 2.24) is 9.36 Å². The van der Waals surface area contributed by atoms with Crippen molar-refractivity contribution in [3.63, 3.8) is 0 Å². The SMILES string of the molecule is Cc1nsc(Oc2cc(F)c(Br)cc2N)n1. The molecule has 84 valence electrons. The lowest BCUT2D eigenvalue weighted by atomic mass is 10.3. The summed E-state index contributed by atoms with van der Waals surface area (Å²) < 4.78 is 22.8. The third-order valence-electron chi connectivity index (χ3n) is 1.76. The molecule has 4 nitrogen and oxygen atoms in total. The Labute approximate surface area is 104 Å². The fraction of sp³-hybridized carbons (Fsp3) is 0.111. The number of nitrogens with two attached hydrogens (primary N) is 1. The molecule has 0 amide bonds. The van der Waals surface area contributed by atoms with Gasteiger partial charge in [0.2, 0.25) is 0 Å². The van der Waals surface area contributed by atoms with Gasteiger partial charge in [-0.25, -0.2) is 4.39 Å². The summed E-state index contributed by atoms with van der Waals surface area (Å²) in [7, 11) is 0. The first-order valence-corrected chi connectivity index (χ1v) is 5.85. The number of nitrogen functional groups attached to an aromatic ring is 1. The van der Waals surface area contributed by atoms with Crippen LogP contribution in [0.3, 0.4) is 0 Å². The quantitative estimate of drug-likeness (QED) is 0.866. The maximum absolute atomic E-state index is 13.3. The van der Waals surface area contributed by atoms with Gasteiger partial charge in [-0.05, 0) is 28.9 Å². The minimum atomic E-state index is -0.439. The van der Waals surface area contributed by atoms with Gasteiger partial charge in [0.1, 0.15) is 11.6 Å². The van der Waals surface area contributed by atoms with Gasteiger partial charge in [-0.1, -0.05) is 0 Å². The zero-order valence-corrected chi connectivity index (χ0v) is 10.6. The van der Waals surface area contributed by atoms with Crippen LogP contribution in [0.4, 0.5) is 10.1 Å². The maximum Gasteiger partial charge on any atom is 0.298 e. The fourth-order valence-corrected chi connectivity index (χ4v) is 1.96. The fourth-order valence-electron chi connectivity index (χ4n) is 1.05. The lowest BCUT2D eigenvalue weighted by Gasteiger charge is -2.05. The van der Waals surface area contributed by atoms with Gasteiger partial charge in [-0.15, -0.1) is 0 Å². The minimum Gasteiger partial charge on any atom is -0.428 e. The predicted molar refractivity (Wildman–Crippen MR) is 63.2 cm³/mol.